The number of fused-ring (bicyclic) bond motifs is 1. The molecule has 0 aliphatic carbocycles. The molecule has 0 spiro atoms. The Morgan fingerprint density at radius 2 is 2.11 bits per heavy atom. The smallest absolute Gasteiger partial charge is 0.161 e. The zero-order valence-electron chi connectivity index (χ0n) is 10.3. The van der Waals surface area contributed by atoms with E-state index in [0.717, 1.165) is 11.0 Å². The normalized spacial score (nSPS) is 11.0. The Hall–Kier alpha value is -2.54. The number of ether oxygens (including phenoxy) is 1. The second-order valence-electron chi connectivity index (χ2n) is 3.99. The molecule has 0 saturated carbocycles. The van der Waals surface area contributed by atoms with Crippen LogP contribution < -0.4 is 5.73 Å². The third kappa shape index (κ3) is 2.11. The van der Waals surface area contributed by atoms with Crippen molar-refractivity contribution in [2.24, 2.45) is 0 Å². The average molecular weight is 256 g/mol. The third-order valence-electron chi connectivity index (χ3n) is 2.62. The third-order valence-corrected chi connectivity index (χ3v) is 2.62. The first-order valence-corrected chi connectivity index (χ1v) is 5.71. The minimum absolute atomic E-state index is 0.296. The van der Waals surface area contributed by atoms with Crippen molar-refractivity contribution in [1.29, 1.82) is 0 Å². The van der Waals surface area contributed by atoms with Crippen molar-refractivity contribution in [2.45, 2.75) is 6.61 Å². The van der Waals surface area contributed by atoms with E-state index in [9.17, 15) is 0 Å². The van der Waals surface area contributed by atoms with Gasteiger partial charge in [0, 0.05) is 13.2 Å². The molecular formula is C12H12N6O. The number of aromatic nitrogens is 5. The van der Waals surface area contributed by atoms with E-state index in [-0.39, 0.29) is 0 Å². The van der Waals surface area contributed by atoms with Crippen LogP contribution in [0.3, 0.4) is 0 Å². The molecule has 0 fully saturated rings. The van der Waals surface area contributed by atoms with Gasteiger partial charge in [0.1, 0.15) is 17.9 Å². The number of benzene rings is 1. The van der Waals surface area contributed by atoms with Crippen molar-refractivity contribution in [3.05, 3.63) is 36.2 Å². The van der Waals surface area contributed by atoms with E-state index in [1.54, 1.807) is 17.9 Å². The first kappa shape index (κ1) is 11.5. The first-order chi connectivity index (χ1) is 9.28. The van der Waals surface area contributed by atoms with Gasteiger partial charge in [-0.3, -0.25) is 0 Å². The van der Waals surface area contributed by atoms with Crippen LogP contribution in [0.4, 0.5) is 5.82 Å². The van der Waals surface area contributed by atoms with E-state index < -0.39 is 0 Å². The maximum atomic E-state index is 5.77. The zero-order chi connectivity index (χ0) is 13.2. The van der Waals surface area contributed by atoms with Gasteiger partial charge in [0.25, 0.3) is 0 Å². The van der Waals surface area contributed by atoms with Crippen molar-refractivity contribution in [2.75, 3.05) is 12.8 Å². The SMILES string of the molecule is COCc1nc(N)cc(-n2nnc3ccccc32)n1. The summed E-state index contributed by atoms with van der Waals surface area (Å²) in [7, 11) is 1.58. The minimum atomic E-state index is 0.296. The summed E-state index contributed by atoms with van der Waals surface area (Å²) >= 11 is 0. The van der Waals surface area contributed by atoms with Crippen molar-refractivity contribution in [1.82, 2.24) is 25.0 Å². The van der Waals surface area contributed by atoms with Crippen LogP contribution in [0.15, 0.2) is 30.3 Å². The molecule has 2 heterocycles. The number of hydrogen-bond acceptors (Lipinski definition) is 6. The standard InChI is InChI=1S/C12H12N6O/c1-19-7-11-14-10(13)6-12(15-11)18-9-5-3-2-4-8(9)16-17-18/h2-6H,7H2,1H3,(H2,13,14,15). The van der Waals surface area contributed by atoms with E-state index in [2.05, 4.69) is 20.3 Å². The van der Waals surface area contributed by atoms with Gasteiger partial charge < -0.3 is 10.5 Å². The van der Waals surface area contributed by atoms with Gasteiger partial charge in [-0.15, -0.1) is 5.10 Å². The number of hydrogen-bond donors (Lipinski definition) is 1. The fourth-order valence-corrected chi connectivity index (χ4v) is 1.84. The topological polar surface area (TPSA) is 91.7 Å². The Balaban J connectivity index is 2.15. The van der Waals surface area contributed by atoms with E-state index in [0.29, 0.717) is 24.1 Å². The molecule has 0 saturated heterocycles. The van der Waals surface area contributed by atoms with E-state index in [1.165, 1.54) is 0 Å². The van der Waals surface area contributed by atoms with Gasteiger partial charge in [-0.1, -0.05) is 17.3 Å². The molecule has 96 valence electrons. The average Bonchev–Trinajstić information content (AvgIpc) is 2.82. The highest BCUT2D eigenvalue weighted by atomic mass is 16.5. The van der Waals surface area contributed by atoms with Crippen LogP contribution in [0.25, 0.3) is 16.9 Å². The number of anilines is 1. The summed E-state index contributed by atoms with van der Waals surface area (Å²) in [6.45, 7) is 0.296. The summed E-state index contributed by atoms with van der Waals surface area (Å²) < 4.78 is 6.65. The van der Waals surface area contributed by atoms with Gasteiger partial charge in [-0.25, -0.2) is 9.97 Å². The Morgan fingerprint density at radius 3 is 2.95 bits per heavy atom. The Kier molecular flexibility index (Phi) is 2.81. The maximum Gasteiger partial charge on any atom is 0.161 e. The van der Waals surface area contributed by atoms with E-state index >= 15 is 0 Å². The Morgan fingerprint density at radius 1 is 1.26 bits per heavy atom. The van der Waals surface area contributed by atoms with Crippen LogP contribution in [0, 0.1) is 0 Å². The molecule has 7 heteroatoms. The van der Waals surface area contributed by atoms with E-state index in [4.69, 9.17) is 10.5 Å². The Bertz CT molecular complexity index is 723. The van der Waals surface area contributed by atoms with Gasteiger partial charge in [-0.2, -0.15) is 4.68 Å². The predicted molar refractivity (Wildman–Crippen MR) is 69.6 cm³/mol. The molecule has 0 amide bonds. The van der Waals surface area contributed by atoms with Crippen LogP contribution in [0.2, 0.25) is 0 Å². The van der Waals surface area contributed by atoms with Gasteiger partial charge in [0.2, 0.25) is 0 Å². The van der Waals surface area contributed by atoms with Gasteiger partial charge in [0.05, 0.1) is 5.52 Å². The number of nitrogens with two attached hydrogens (primary N) is 1. The highest BCUT2D eigenvalue weighted by Crippen LogP contribution is 2.15. The molecule has 0 atom stereocenters. The van der Waals surface area contributed by atoms with Gasteiger partial charge in [0.15, 0.2) is 11.6 Å². The predicted octanol–water partition coefficient (Wildman–Crippen LogP) is 0.939. The van der Waals surface area contributed by atoms with Crippen LogP contribution in [0.5, 0.6) is 0 Å². The lowest BCUT2D eigenvalue weighted by atomic mass is 10.3. The van der Waals surface area contributed by atoms with Crippen LogP contribution in [-0.2, 0) is 11.3 Å². The second kappa shape index (κ2) is 4.62. The molecular weight excluding hydrogens is 244 g/mol. The lowest BCUT2D eigenvalue weighted by Crippen LogP contribution is -2.07. The first-order valence-electron chi connectivity index (χ1n) is 5.71. The number of rotatable bonds is 3. The molecule has 3 aromatic rings. The fraction of sp³-hybridized carbons (Fsp3) is 0.167. The number of nitrogens with zero attached hydrogens (tertiary/aromatic N) is 5. The van der Waals surface area contributed by atoms with Crippen molar-refractivity contribution in [3.63, 3.8) is 0 Å². The summed E-state index contributed by atoms with van der Waals surface area (Å²) in [5.74, 6) is 1.46. The maximum absolute atomic E-state index is 5.77. The molecule has 3 rings (SSSR count). The van der Waals surface area contributed by atoms with Crippen molar-refractivity contribution >= 4 is 16.9 Å². The molecule has 1 aromatic carbocycles. The monoisotopic (exact) mass is 256 g/mol. The fourth-order valence-electron chi connectivity index (χ4n) is 1.84. The number of nitrogen functional groups attached to an aromatic ring is 1. The molecule has 2 N–H and O–H groups in total. The molecule has 0 aliphatic rings. The molecule has 19 heavy (non-hydrogen) atoms. The Labute approximate surface area is 109 Å². The lowest BCUT2D eigenvalue weighted by molar-refractivity contribution is 0.178. The highest BCUT2D eigenvalue weighted by Gasteiger charge is 2.09. The highest BCUT2D eigenvalue weighted by molar-refractivity contribution is 5.75. The second-order valence-corrected chi connectivity index (χ2v) is 3.99. The van der Waals surface area contributed by atoms with Crippen LogP contribution in [0.1, 0.15) is 5.82 Å². The van der Waals surface area contributed by atoms with Gasteiger partial charge in [-0.05, 0) is 12.1 Å². The lowest BCUT2D eigenvalue weighted by Gasteiger charge is -2.05. The quantitative estimate of drug-likeness (QED) is 0.749. The molecule has 2 aromatic heterocycles. The van der Waals surface area contributed by atoms with Crippen molar-refractivity contribution < 1.29 is 4.74 Å². The van der Waals surface area contributed by atoms with E-state index in [1.807, 2.05) is 24.3 Å². The van der Waals surface area contributed by atoms with Gasteiger partial charge >= 0.3 is 0 Å². The minimum Gasteiger partial charge on any atom is -0.384 e. The van der Waals surface area contributed by atoms with Crippen LogP contribution >= 0.6 is 0 Å². The largest absolute Gasteiger partial charge is 0.384 e. The molecule has 0 bridgehead atoms. The summed E-state index contributed by atoms with van der Waals surface area (Å²) in [5.41, 5.74) is 7.44. The molecule has 0 unspecified atom stereocenters. The summed E-state index contributed by atoms with van der Waals surface area (Å²) in [6, 6.07) is 9.29. The molecule has 7 nitrogen and oxygen atoms in total. The molecule has 0 aliphatic heterocycles. The number of methoxy groups -OCH3 is 1. The summed E-state index contributed by atoms with van der Waals surface area (Å²) in [4.78, 5) is 8.45. The summed E-state index contributed by atoms with van der Waals surface area (Å²) in [5, 5.41) is 8.17. The molecule has 0 radical (unpaired) electrons. The van der Waals surface area contributed by atoms with Crippen molar-refractivity contribution in [3.8, 4) is 5.82 Å². The van der Waals surface area contributed by atoms with Crippen LogP contribution in [-0.4, -0.2) is 32.1 Å². The zero-order valence-corrected chi connectivity index (χ0v) is 10.3. The number of para-hydroxylation sites is 1. The summed E-state index contributed by atoms with van der Waals surface area (Å²) in [6.07, 6.45) is 0.